The molecule has 2 aliphatic rings. The van der Waals surface area contributed by atoms with Crippen LogP contribution in [0, 0.1) is 11.8 Å². The lowest BCUT2D eigenvalue weighted by Gasteiger charge is -2.12. The molecular weight excluding hydrogens is 198 g/mol. The highest BCUT2D eigenvalue weighted by molar-refractivity contribution is 6.02. The molecule has 1 aromatic carbocycles. The van der Waals surface area contributed by atoms with Gasteiger partial charge in [-0.3, -0.25) is 4.79 Å². The number of carbonyl (C=O) groups excluding carboxylic acids is 1. The summed E-state index contributed by atoms with van der Waals surface area (Å²) in [5.74, 6) is 1.34. The SMILES string of the molecule is O=C1c2ccccc2CC1CC1CCNC1. The first-order valence-corrected chi connectivity index (χ1v) is 6.17. The number of hydrogen-bond donors (Lipinski definition) is 1. The molecule has 3 rings (SSSR count). The maximum absolute atomic E-state index is 12.2. The molecule has 2 nitrogen and oxygen atoms in total. The maximum atomic E-state index is 12.2. The summed E-state index contributed by atoms with van der Waals surface area (Å²) in [5.41, 5.74) is 2.22. The van der Waals surface area contributed by atoms with E-state index in [1.165, 1.54) is 12.0 Å². The van der Waals surface area contributed by atoms with Gasteiger partial charge in [0.05, 0.1) is 0 Å². The second kappa shape index (κ2) is 4.02. The van der Waals surface area contributed by atoms with Crippen LogP contribution in [-0.4, -0.2) is 18.9 Å². The number of ketones is 1. The molecule has 0 radical (unpaired) electrons. The molecule has 84 valence electrons. The summed E-state index contributed by atoms with van der Waals surface area (Å²) < 4.78 is 0. The largest absolute Gasteiger partial charge is 0.316 e. The molecule has 2 unspecified atom stereocenters. The van der Waals surface area contributed by atoms with E-state index in [1.807, 2.05) is 18.2 Å². The normalized spacial score (nSPS) is 28.4. The Kier molecular flexibility index (Phi) is 2.52. The summed E-state index contributed by atoms with van der Waals surface area (Å²) in [6.45, 7) is 2.22. The molecule has 1 aromatic rings. The number of carbonyl (C=O) groups is 1. The molecular formula is C14H17NO. The number of Topliss-reactive ketones (excluding diaryl/α,β-unsaturated/α-hetero) is 1. The first-order chi connectivity index (χ1) is 7.84. The van der Waals surface area contributed by atoms with Crippen molar-refractivity contribution in [2.75, 3.05) is 13.1 Å². The Hall–Kier alpha value is -1.15. The molecule has 1 saturated heterocycles. The van der Waals surface area contributed by atoms with E-state index < -0.39 is 0 Å². The second-order valence-electron chi connectivity index (χ2n) is 5.02. The van der Waals surface area contributed by atoms with Crippen LogP contribution in [0.15, 0.2) is 24.3 Å². The fourth-order valence-corrected chi connectivity index (χ4v) is 3.03. The number of nitrogens with one attached hydrogen (secondary N) is 1. The average molecular weight is 215 g/mol. The fourth-order valence-electron chi connectivity index (χ4n) is 3.03. The lowest BCUT2D eigenvalue weighted by molar-refractivity contribution is 0.0920. The van der Waals surface area contributed by atoms with E-state index in [2.05, 4.69) is 11.4 Å². The van der Waals surface area contributed by atoms with Gasteiger partial charge in [-0.15, -0.1) is 0 Å². The number of hydrogen-bond acceptors (Lipinski definition) is 2. The zero-order valence-electron chi connectivity index (χ0n) is 9.41. The van der Waals surface area contributed by atoms with Crippen LogP contribution in [0.3, 0.4) is 0 Å². The number of benzene rings is 1. The first kappa shape index (κ1) is 10.0. The minimum atomic E-state index is 0.252. The van der Waals surface area contributed by atoms with Crippen molar-refractivity contribution in [3.05, 3.63) is 35.4 Å². The minimum Gasteiger partial charge on any atom is -0.316 e. The van der Waals surface area contributed by atoms with Crippen molar-refractivity contribution in [2.45, 2.75) is 19.3 Å². The Labute approximate surface area is 96.1 Å². The van der Waals surface area contributed by atoms with Gasteiger partial charge in [0.15, 0.2) is 5.78 Å². The Morgan fingerprint density at radius 3 is 2.94 bits per heavy atom. The average Bonchev–Trinajstić information content (AvgIpc) is 2.90. The molecule has 16 heavy (non-hydrogen) atoms. The monoisotopic (exact) mass is 215 g/mol. The van der Waals surface area contributed by atoms with Gasteiger partial charge in [-0.2, -0.15) is 0 Å². The molecule has 0 spiro atoms. The van der Waals surface area contributed by atoms with Gasteiger partial charge in [0, 0.05) is 11.5 Å². The summed E-state index contributed by atoms with van der Waals surface area (Å²) in [7, 11) is 0. The lowest BCUT2D eigenvalue weighted by Crippen LogP contribution is -2.16. The Morgan fingerprint density at radius 1 is 1.31 bits per heavy atom. The first-order valence-electron chi connectivity index (χ1n) is 6.17. The third-order valence-corrected chi connectivity index (χ3v) is 3.90. The minimum absolute atomic E-state index is 0.252. The van der Waals surface area contributed by atoms with Crippen molar-refractivity contribution in [3.8, 4) is 0 Å². The van der Waals surface area contributed by atoms with E-state index in [0.29, 0.717) is 11.7 Å². The van der Waals surface area contributed by atoms with Crippen LogP contribution in [0.5, 0.6) is 0 Å². The molecule has 1 aliphatic carbocycles. The van der Waals surface area contributed by atoms with E-state index in [4.69, 9.17) is 0 Å². The third-order valence-electron chi connectivity index (χ3n) is 3.90. The molecule has 2 atom stereocenters. The molecule has 1 N–H and O–H groups in total. The summed E-state index contributed by atoms with van der Waals surface area (Å²) in [6.07, 6.45) is 3.27. The molecule has 2 heteroatoms. The standard InChI is InChI=1S/C14H17NO/c16-14-12(7-10-5-6-15-9-10)8-11-3-1-2-4-13(11)14/h1-4,10,12,15H,5-9H2. The van der Waals surface area contributed by atoms with E-state index in [-0.39, 0.29) is 5.92 Å². The van der Waals surface area contributed by atoms with Gasteiger partial charge in [0.25, 0.3) is 0 Å². The number of rotatable bonds is 2. The predicted octanol–water partition coefficient (Wildman–Crippen LogP) is 2.04. The van der Waals surface area contributed by atoms with E-state index in [1.54, 1.807) is 0 Å². The zero-order chi connectivity index (χ0) is 11.0. The van der Waals surface area contributed by atoms with Crippen molar-refractivity contribution in [1.82, 2.24) is 5.32 Å². The summed E-state index contributed by atoms with van der Waals surface area (Å²) in [5, 5.41) is 3.37. The Balaban J connectivity index is 1.74. The van der Waals surface area contributed by atoms with Gasteiger partial charge < -0.3 is 5.32 Å². The third kappa shape index (κ3) is 1.67. The fraction of sp³-hybridized carbons (Fsp3) is 0.500. The summed E-state index contributed by atoms with van der Waals surface area (Å²) in [4.78, 5) is 12.2. The molecule has 0 saturated carbocycles. The highest BCUT2D eigenvalue weighted by Crippen LogP contribution is 2.32. The predicted molar refractivity (Wildman–Crippen MR) is 63.6 cm³/mol. The highest BCUT2D eigenvalue weighted by atomic mass is 16.1. The van der Waals surface area contributed by atoms with Crippen molar-refractivity contribution in [1.29, 1.82) is 0 Å². The molecule has 1 fully saturated rings. The van der Waals surface area contributed by atoms with Crippen LogP contribution in [-0.2, 0) is 6.42 Å². The van der Waals surface area contributed by atoms with E-state index in [9.17, 15) is 4.79 Å². The van der Waals surface area contributed by atoms with Crippen molar-refractivity contribution >= 4 is 5.78 Å². The topological polar surface area (TPSA) is 29.1 Å². The van der Waals surface area contributed by atoms with Crippen molar-refractivity contribution in [2.24, 2.45) is 11.8 Å². The van der Waals surface area contributed by atoms with Crippen LogP contribution in [0.2, 0.25) is 0 Å². The van der Waals surface area contributed by atoms with Gasteiger partial charge in [-0.1, -0.05) is 24.3 Å². The van der Waals surface area contributed by atoms with Gasteiger partial charge in [-0.05, 0) is 43.8 Å². The number of fused-ring (bicyclic) bond motifs is 1. The van der Waals surface area contributed by atoms with Crippen LogP contribution < -0.4 is 5.32 Å². The summed E-state index contributed by atoms with van der Waals surface area (Å²) in [6, 6.07) is 8.08. The van der Waals surface area contributed by atoms with E-state index in [0.717, 1.165) is 31.5 Å². The molecule has 0 bridgehead atoms. The van der Waals surface area contributed by atoms with Crippen molar-refractivity contribution in [3.63, 3.8) is 0 Å². The highest BCUT2D eigenvalue weighted by Gasteiger charge is 2.32. The van der Waals surface area contributed by atoms with Crippen LogP contribution in [0.4, 0.5) is 0 Å². The van der Waals surface area contributed by atoms with Crippen LogP contribution in [0.1, 0.15) is 28.8 Å². The quantitative estimate of drug-likeness (QED) is 0.818. The smallest absolute Gasteiger partial charge is 0.166 e. The molecule has 1 aliphatic heterocycles. The van der Waals surface area contributed by atoms with Gasteiger partial charge >= 0.3 is 0 Å². The van der Waals surface area contributed by atoms with Crippen LogP contribution in [0.25, 0.3) is 0 Å². The molecule has 1 heterocycles. The Morgan fingerprint density at radius 2 is 2.19 bits per heavy atom. The lowest BCUT2D eigenvalue weighted by atomic mass is 9.91. The van der Waals surface area contributed by atoms with Crippen LogP contribution >= 0.6 is 0 Å². The maximum Gasteiger partial charge on any atom is 0.166 e. The molecule has 0 aromatic heterocycles. The Bertz CT molecular complexity index is 407. The van der Waals surface area contributed by atoms with Crippen molar-refractivity contribution < 1.29 is 4.79 Å². The second-order valence-corrected chi connectivity index (χ2v) is 5.02. The van der Waals surface area contributed by atoms with Gasteiger partial charge in [-0.25, -0.2) is 0 Å². The van der Waals surface area contributed by atoms with Gasteiger partial charge in [0.1, 0.15) is 0 Å². The summed E-state index contributed by atoms with van der Waals surface area (Å²) >= 11 is 0. The molecule has 0 amide bonds. The van der Waals surface area contributed by atoms with E-state index >= 15 is 0 Å². The van der Waals surface area contributed by atoms with Gasteiger partial charge in [0.2, 0.25) is 0 Å². The zero-order valence-corrected chi connectivity index (χ0v) is 9.41.